The number of ketones is 1. The number of aliphatic hydroxyl groups excluding tert-OH is 1. The molecular formula is C24H14F2N2O3S. The molecule has 1 aromatic heterocycles. The van der Waals surface area contributed by atoms with Gasteiger partial charge in [0.15, 0.2) is 5.13 Å². The highest BCUT2D eigenvalue weighted by Crippen LogP contribution is 2.44. The molecule has 5 nitrogen and oxygen atoms in total. The molecule has 0 spiro atoms. The number of benzene rings is 3. The first-order valence-corrected chi connectivity index (χ1v) is 10.4. The van der Waals surface area contributed by atoms with Crippen molar-refractivity contribution in [3.05, 3.63) is 101 Å². The minimum atomic E-state index is -1.23. The average Bonchev–Trinajstić information content (AvgIpc) is 3.32. The summed E-state index contributed by atoms with van der Waals surface area (Å²) in [6, 6.07) is 16.7. The summed E-state index contributed by atoms with van der Waals surface area (Å²) in [5.41, 5.74) is 0.549. The third kappa shape index (κ3) is 3.16. The zero-order chi connectivity index (χ0) is 22.4. The van der Waals surface area contributed by atoms with Gasteiger partial charge < -0.3 is 5.11 Å². The van der Waals surface area contributed by atoms with E-state index in [1.165, 1.54) is 36.4 Å². The lowest BCUT2D eigenvalue weighted by atomic mass is 9.95. The van der Waals surface area contributed by atoms with Gasteiger partial charge in [0.25, 0.3) is 5.78 Å². The molecule has 158 valence electrons. The van der Waals surface area contributed by atoms with E-state index in [4.69, 9.17) is 0 Å². The van der Waals surface area contributed by atoms with Crippen LogP contribution in [0.4, 0.5) is 13.9 Å². The first-order valence-electron chi connectivity index (χ1n) is 9.62. The van der Waals surface area contributed by atoms with Crippen LogP contribution in [0.2, 0.25) is 0 Å². The molecule has 0 aliphatic carbocycles. The zero-order valence-electron chi connectivity index (χ0n) is 16.3. The monoisotopic (exact) mass is 448 g/mol. The summed E-state index contributed by atoms with van der Waals surface area (Å²) in [4.78, 5) is 31.6. The summed E-state index contributed by atoms with van der Waals surface area (Å²) < 4.78 is 29.0. The van der Waals surface area contributed by atoms with E-state index in [1.54, 1.807) is 36.4 Å². The highest BCUT2D eigenvalue weighted by Gasteiger charge is 2.49. The molecule has 8 heteroatoms. The Labute approximate surface area is 184 Å². The Kier molecular flexibility index (Phi) is 4.79. The number of carbonyl (C=O) groups excluding carboxylic acids is 2. The molecule has 32 heavy (non-hydrogen) atoms. The number of hydrogen-bond acceptors (Lipinski definition) is 5. The second-order valence-electron chi connectivity index (χ2n) is 7.17. The van der Waals surface area contributed by atoms with Gasteiger partial charge in [-0.15, -0.1) is 0 Å². The van der Waals surface area contributed by atoms with E-state index in [1.807, 2.05) is 0 Å². The molecular weight excluding hydrogens is 434 g/mol. The highest BCUT2D eigenvalue weighted by atomic mass is 32.1. The van der Waals surface area contributed by atoms with Crippen molar-refractivity contribution in [1.82, 2.24) is 4.98 Å². The number of carbonyl (C=O) groups is 2. The lowest BCUT2D eigenvalue weighted by Crippen LogP contribution is -2.29. The number of Topliss-reactive ketones (excluding diaryl/α,β-unsaturated/α-hetero) is 1. The molecule has 4 aromatic rings. The topological polar surface area (TPSA) is 70.5 Å². The number of anilines is 1. The lowest BCUT2D eigenvalue weighted by Gasteiger charge is -2.23. The number of aromatic nitrogens is 1. The summed E-state index contributed by atoms with van der Waals surface area (Å²) in [7, 11) is 0. The molecule has 1 aliphatic rings. The van der Waals surface area contributed by atoms with Crippen LogP contribution in [-0.2, 0) is 9.59 Å². The molecule has 1 atom stereocenters. The van der Waals surface area contributed by atoms with Crippen LogP contribution in [0.3, 0.4) is 0 Å². The largest absolute Gasteiger partial charge is 0.507 e. The number of hydrogen-bond donors (Lipinski definition) is 1. The number of rotatable bonds is 3. The standard InChI is InChI=1S/C24H14F2N2O3S/c25-14-10-11-17-18(12-14)32-24(27-17)28-20(15-8-4-5-9-16(15)26)19(22(30)23(28)31)21(29)13-6-2-1-3-7-13/h1-12,20,29H/t20-/m0/s1. The molecule has 3 aromatic carbocycles. The summed E-state index contributed by atoms with van der Waals surface area (Å²) >= 11 is 1.00. The molecule has 0 unspecified atom stereocenters. The number of amides is 1. The third-order valence-electron chi connectivity index (χ3n) is 5.24. The third-order valence-corrected chi connectivity index (χ3v) is 6.25. The predicted octanol–water partition coefficient (Wildman–Crippen LogP) is 5.20. The van der Waals surface area contributed by atoms with Crippen molar-refractivity contribution in [2.24, 2.45) is 0 Å². The Bertz CT molecular complexity index is 1420. The van der Waals surface area contributed by atoms with Crippen LogP contribution in [0.5, 0.6) is 0 Å². The summed E-state index contributed by atoms with van der Waals surface area (Å²) in [5, 5.41) is 11.1. The Morgan fingerprint density at radius 3 is 2.44 bits per heavy atom. The lowest BCUT2D eigenvalue weighted by molar-refractivity contribution is -0.132. The van der Waals surface area contributed by atoms with E-state index in [-0.39, 0.29) is 16.3 Å². The second kappa shape index (κ2) is 7.65. The van der Waals surface area contributed by atoms with E-state index in [0.717, 1.165) is 16.2 Å². The van der Waals surface area contributed by atoms with Crippen LogP contribution in [-0.4, -0.2) is 21.8 Å². The van der Waals surface area contributed by atoms with Gasteiger partial charge in [0.1, 0.15) is 23.4 Å². The van der Waals surface area contributed by atoms with Gasteiger partial charge in [-0.25, -0.2) is 13.8 Å². The maximum Gasteiger partial charge on any atom is 0.301 e. The van der Waals surface area contributed by atoms with Crippen LogP contribution in [0.15, 0.2) is 78.4 Å². The Hall–Kier alpha value is -3.91. The van der Waals surface area contributed by atoms with Gasteiger partial charge in [-0.2, -0.15) is 0 Å². The second-order valence-corrected chi connectivity index (χ2v) is 8.17. The number of halogens is 2. The molecule has 1 aliphatic heterocycles. The first-order chi connectivity index (χ1) is 15.5. The van der Waals surface area contributed by atoms with Crippen molar-refractivity contribution in [3.63, 3.8) is 0 Å². The number of aliphatic hydroxyl groups is 1. The number of nitrogens with zero attached hydrogens (tertiary/aromatic N) is 2. The molecule has 0 radical (unpaired) electrons. The molecule has 1 fully saturated rings. The average molecular weight is 448 g/mol. The summed E-state index contributed by atoms with van der Waals surface area (Å²) in [6.45, 7) is 0. The quantitative estimate of drug-likeness (QED) is 0.266. The van der Waals surface area contributed by atoms with Gasteiger partial charge in [0, 0.05) is 11.1 Å². The first kappa shape index (κ1) is 20.0. The zero-order valence-corrected chi connectivity index (χ0v) is 17.1. The van der Waals surface area contributed by atoms with E-state index in [0.29, 0.717) is 15.8 Å². The number of fused-ring (bicyclic) bond motifs is 1. The van der Waals surface area contributed by atoms with Crippen molar-refractivity contribution < 1.29 is 23.5 Å². The van der Waals surface area contributed by atoms with Crippen molar-refractivity contribution in [2.75, 3.05) is 4.90 Å². The Morgan fingerprint density at radius 1 is 0.969 bits per heavy atom. The van der Waals surface area contributed by atoms with Crippen molar-refractivity contribution >= 4 is 44.1 Å². The van der Waals surface area contributed by atoms with Crippen LogP contribution in [0.25, 0.3) is 16.0 Å². The van der Waals surface area contributed by atoms with Crippen LogP contribution < -0.4 is 4.90 Å². The molecule has 2 heterocycles. The maximum atomic E-state index is 14.9. The molecule has 5 rings (SSSR count). The Morgan fingerprint density at radius 2 is 1.69 bits per heavy atom. The SMILES string of the molecule is O=C1C(=O)N(c2nc3ccc(F)cc3s2)[C@@H](c2ccccc2F)C1=C(O)c1ccccc1. The Balaban J connectivity index is 1.76. The molecule has 0 bridgehead atoms. The van der Waals surface area contributed by atoms with Crippen molar-refractivity contribution in [3.8, 4) is 0 Å². The fourth-order valence-electron chi connectivity index (χ4n) is 3.76. The minimum Gasteiger partial charge on any atom is -0.507 e. The van der Waals surface area contributed by atoms with Gasteiger partial charge in [-0.3, -0.25) is 14.5 Å². The van der Waals surface area contributed by atoms with Gasteiger partial charge in [0.2, 0.25) is 0 Å². The predicted molar refractivity (Wildman–Crippen MR) is 117 cm³/mol. The maximum absolute atomic E-state index is 14.9. The smallest absolute Gasteiger partial charge is 0.301 e. The van der Waals surface area contributed by atoms with Crippen LogP contribution >= 0.6 is 11.3 Å². The van der Waals surface area contributed by atoms with Gasteiger partial charge in [-0.1, -0.05) is 59.9 Å². The minimum absolute atomic E-state index is 0.0367. The highest BCUT2D eigenvalue weighted by molar-refractivity contribution is 7.22. The normalized spacial score (nSPS) is 17.9. The van der Waals surface area contributed by atoms with E-state index >= 15 is 0 Å². The van der Waals surface area contributed by atoms with Crippen molar-refractivity contribution in [2.45, 2.75) is 6.04 Å². The number of thiazole rings is 1. The van der Waals surface area contributed by atoms with Crippen LogP contribution in [0, 0.1) is 11.6 Å². The molecule has 1 saturated heterocycles. The summed E-state index contributed by atoms with van der Waals surface area (Å²) in [6.07, 6.45) is 0. The van der Waals surface area contributed by atoms with E-state index in [2.05, 4.69) is 4.98 Å². The van der Waals surface area contributed by atoms with Gasteiger partial charge in [0.05, 0.1) is 15.8 Å². The molecule has 1 amide bonds. The van der Waals surface area contributed by atoms with E-state index in [9.17, 15) is 23.5 Å². The van der Waals surface area contributed by atoms with Crippen LogP contribution in [0.1, 0.15) is 17.2 Å². The fourth-order valence-corrected chi connectivity index (χ4v) is 4.78. The van der Waals surface area contributed by atoms with Gasteiger partial charge in [-0.05, 0) is 24.3 Å². The molecule has 0 saturated carbocycles. The fraction of sp³-hybridized carbons (Fsp3) is 0.0417. The van der Waals surface area contributed by atoms with Crippen molar-refractivity contribution in [1.29, 1.82) is 0 Å². The summed E-state index contributed by atoms with van der Waals surface area (Å²) in [5.74, 6) is -3.42. The molecule has 1 N–H and O–H groups in total. The van der Waals surface area contributed by atoms with E-state index < -0.39 is 35.1 Å². The van der Waals surface area contributed by atoms with Gasteiger partial charge >= 0.3 is 5.91 Å².